The molecule has 1 aliphatic rings. The molecular weight excluding hydrogens is 505 g/mol. The Morgan fingerprint density at radius 1 is 1.19 bits per heavy atom. The van der Waals surface area contributed by atoms with Crippen molar-refractivity contribution in [3.63, 3.8) is 0 Å². The molecule has 0 saturated carbocycles. The maximum absolute atomic E-state index is 13.2. The minimum atomic E-state index is -4.83. The second-order valence-electron chi connectivity index (χ2n) is 8.57. The molecule has 0 spiro atoms. The zero-order chi connectivity index (χ0) is 26.6. The summed E-state index contributed by atoms with van der Waals surface area (Å²) in [5.41, 5.74) is -2.78. The van der Waals surface area contributed by atoms with Gasteiger partial charge in [-0.25, -0.2) is 28.5 Å². The van der Waals surface area contributed by atoms with E-state index in [4.69, 9.17) is 4.74 Å². The number of anilines is 2. The molecule has 37 heavy (non-hydrogen) atoms. The normalized spacial score (nSPS) is 15.8. The average Bonchev–Trinajstić information content (AvgIpc) is 3.32. The van der Waals surface area contributed by atoms with Gasteiger partial charge in [0.05, 0.1) is 42.9 Å². The van der Waals surface area contributed by atoms with Crippen LogP contribution in [-0.4, -0.2) is 60.9 Å². The predicted molar refractivity (Wildman–Crippen MR) is 120 cm³/mol. The number of halogens is 5. The summed E-state index contributed by atoms with van der Waals surface area (Å²) < 4.78 is 72.2. The fraction of sp³-hybridized carbons (Fsp3) is 0.524. The number of hydrogen-bond acceptors (Lipinski definition) is 9. The lowest BCUT2D eigenvalue weighted by molar-refractivity contribution is -0.138. The first-order valence-electron chi connectivity index (χ1n) is 11.4. The second-order valence-corrected chi connectivity index (χ2v) is 8.57. The Bertz CT molecular complexity index is 1220. The lowest BCUT2D eigenvalue weighted by Crippen LogP contribution is -2.35. The van der Waals surface area contributed by atoms with Gasteiger partial charge in [-0.15, -0.1) is 5.10 Å². The summed E-state index contributed by atoms with van der Waals surface area (Å²) in [6.07, 6.45) is -1.10. The van der Waals surface area contributed by atoms with E-state index in [-0.39, 0.29) is 24.8 Å². The molecule has 4 rings (SSSR count). The van der Waals surface area contributed by atoms with E-state index in [9.17, 15) is 26.7 Å². The minimum Gasteiger partial charge on any atom is -0.378 e. The van der Waals surface area contributed by atoms with Crippen molar-refractivity contribution in [3.8, 4) is 0 Å². The molecule has 4 heterocycles. The number of alkyl halides is 5. The molecule has 11 nitrogen and oxygen atoms in total. The maximum atomic E-state index is 13.2. The van der Waals surface area contributed by atoms with Crippen LogP contribution in [0.4, 0.5) is 33.6 Å². The third-order valence-electron chi connectivity index (χ3n) is 5.75. The number of aromatic amines is 1. The summed E-state index contributed by atoms with van der Waals surface area (Å²) in [6.45, 7) is 2.97. The summed E-state index contributed by atoms with van der Waals surface area (Å²) in [5, 5.41) is 16.0. The van der Waals surface area contributed by atoms with Gasteiger partial charge >= 0.3 is 6.18 Å². The Labute approximate surface area is 207 Å². The predicted octanol–water partition coefficient (Wildman–Crippen LogP) is 2.97. The number of piperidine rings is 1. The van der Waals surface area contributed by atoms with Gasteiger partial charge in [-0.3, -0.25) is 4.79 Å². The average molecular weight is 529 g/mol. The van der Waals surface area contributed by atoms with Gasteiger partial charge in [0.1, 0.15) is 11.3 Å². The van der Waals surface area contributed by atoms with E-state index in [1.807, 2.05) is 4.90 Å². The standard InChI is InChI=1S/C21H24F5N9O2/c1-12(30-16-8-29-32-19(36)17(16)21(24,25)26)10-37-11-14-9-35(33-31-14)15-2-4-34(5-3-15)20-27-6-13(7-28-20)18(22)23/h6-9,12,15,18H,2-5,10-11H2,1H3,(H2,30,32,36). The van der Waals surface area contributed by atoms with Gasteiger partial charge in [0, 0.05) is 31.5 Å². The van der Waals surface area contributed by atoms with Crippen LogP contribution in [0.25, 0.3) is 0 Å². The van der Waals surface area contributed by atoms with Crippen molar-refractivity contribution in [2.45, 2.75) is 51.1 Å². The highest BCUT2D eigenvalue weighted by molar-refractivity contribution is 5.50. The number of rotatable bonds is 9. The zero-order valence-corrected chi connectivity index (χ0v) is 19.6. The van der Waals surface area contributed by atoms with Crippen molar-refractivity contribution in [1.82, 2.24) is 35.2 Å². The molecule has 0 radical (unpaired) electrons. The van der Waals surface area contributed by atoms with E-state index in [0.717, 1.165) is 31.4 Å². The van der Waals surface area contributed by atoms with Crippen LogP contribution in [0.2, 0.25) is 0 Å². The SMILES string of the molecule is CC(COCc1cn(C2CCN(c3ncc(C(F)F)cn3)CC2)nn1)Nc1cn[nH]c(=O)c1C(F)(F)F. The summed E-state index contributed by atoms with van der Waals surface area (Å²) in [7, 11) is 0. The highest BCUT2D eigenvalue weighted by atomic mass is 19.4. The molecule has 1 aliphatic heterocycles. The highest BCUT2D eigenvalue weighted by Gasteiger charge is 2.37. The molecular formula is C21H24F5N9O2. The molecule has 1 saturated heterocycles. The Hall–Kier alpha value is -3.69. The van der Waals surface area contributed by atoms with Crippen molar-refractivity contribution in [2.24, 2.45) is 0 Å². The number of hydrogen-bond donors (Lipinski definition) is 2. The lowest BCUT2D eigenvalue weighted by Gasteiger charge is -2.31. The van der Waals surface area contributed by atoms with Crippen LogP contribution in [0.1, 0.15) is 49.1 Å². The molecule has 3 aromatic heterocycles. The smallest absolute Gasteiger partial charge is 0.378 e. The van der Waals surface area contributed by atoms with Crippen LogP contribution in [0.3, 0.4) is 0 Å². The summed E-state index contributed by atoms with van der Waals surface area (Å²) in [6, 6.07) is -0.482. The highest BCUT2D eigenvalue weighted by Crippen LogP contribution is 2.31. The van der Waals surface area contributed by atoms with Gasteiger partial charge in [0.2, 0.25) is 5.95 Å². The van der Waals surface area contributed by atoms with Crippen LogP contribution in [0.5, 0.6) is 0 Å². The summed E-state index contributed by atoms with van der Waals surface area (Å²) in [5.74, 6) is 0.400. The van der Waals surface area contributed by atoms with Gasteiger partial charge in [-0.2, -0.15) is 18.3 Å². The van der Waals surface area contributed by atoms with Crippen LogP contribution in [0, 0.1) is 0 Å². The Balaban J connectivity index is 1.24. The Kier molecular flexibility index (Phi) is 7.94. The van der Waals surface area contributed by atoms with Gasteiger partial charge in [0.25, 0.3) is 12.0 Å². The van der Waals surface area contributed by atoms with Crippen LogP contribution >= 0.6 is 0 Å². The molecule has 3 aromatic rings. The van der Waals surface area contributed by atoms with Crippen molar-refractivity contribution in [2.75, 3.05) is 29.9 Å². The Morgan fingerprint density at radius 2 is 1.89 bits per heavy atom. The monoisotopic (exact) mass is 529 g/mol. The molecule has 16 heteroatoms. The van der Waals surface area contributed by atoms with E-state index >= 15 is 0 Å². The summed E-state index contributed by atoms with van der Waals surface area (Å²) >= 11 is 0. The van der Waals surface area contributed by atoms with E-state index in [2.05, 4.69) is 30.7 Å². The van der Waals surface area contributed by atoms with E-state index in [1.165, 1.54) is 0 Å². The maximum Gasteiger partial charge on any atom is 0.423 e. The Morgan fingerprint density at radius 3 is 2.54 bits per heavy atom. The lowest BCUT2D eigenvalue weighted by atomic mass is 10.1. The molecule has 1 fully saturated rings. The van der Waals surface area contributed by atoms with Gasteiger partial charge in [-0.05, 0) is 19.8 Å². The molecule has 2 N–H and O–H groups in total. The third kappa shape index (κ3) is 6.55. The number of nitrogens with zero attached hydrogens (tertiary/aromatic N) is 7. The zero-order valence-electron chi connectivity index (χ0n) is 19.6. The van der Waals surface area contributed by atoms with E-state index < -0.39 is 35.5 Å². The van der Waals surface area contributed by atoms with Crippen molar-refractivity contribution >= 4 is 11.6 Å². The van der Waals surface area contributed by atoms with Crippen LogP contribution in [-0.2, 0) is 17.5 Å². The van der Waals surface area contributed by atoms with E-state index in [1.54, 1.807) is 22.9 Å². The summed E-state index contributed by atoms with van der Waals surface area (Å²) in [4.78, 5) is 21.5. The van der Waals surface area contributed by atoms with Crippen molar-refractivity contribution < 1.29 is 26.7 Å². The largest absolute Gasteiger partial charge is 0.423 e. The van der Waals surface area contributed by atoms with Gasteiger partial charge in [0.15, 0.2) is 0 Å². The number of ether oxygens (including phenoxy) is 1. The van der Waals surface area contributed by atoms with Crippen LogP contribution < -0.4 is 15.8 Å². The van der Waals surface area contributed by atoms with Crippen molar-refractivity contribution in [1.29, 1.82) is 0 Å². The fourth-order valence-electron chi connectivity index (χ4n) is 3.93. The molecule has 0 aromatic carbocycles. The minimum absolute atomic E-state index is 0.0414. The molecule has 1 unspecified atom stereocenters. The number of H-pyrrole nitrogens is 1. The van der Waals surface area contributed by atoms with E-state index in [0.29, 0.717) is 24.7 Å². The molecule has 0 bridgehead atoms. The van der Waals surface area contributed by atoms with Crippen LogP contribution in [0.15, 0.2) is 29.6 Å². The first-order chi connectivity index (χ1) is 17.6. The molecule has 1 atom stereocenters. The quantitative estimate of drug-likeness (QED) is 0.402. The molecule has 0 amide bonds. The topological polar surface area (TPSA) is 127 Å². The first-order valence-corrected chi connectivity index (χ1v) is 11.4. The van der Waals surface area contributed by atoms with Gasteiger partial charge < -0.3 is 15.0 Å². The number of nitrogens with one attached hydrogen (secondary N) is 2. The van der Waals surface area contributed by atoms with Crippen molar-refractivity contribution in [3.05, 3.63) is 52.0 Å². The molecule has 200 valence electrons. The second kappa shape index (κ2) is 11.1. The number of aromatic nitrogens is 7. The fourth-order valence-corrected chi connectivity index (χ4v) is 3.93. The molecule has 0 aliphatic carbocycles. The first kappa shape index (κ1) is 26.4. The van der Waals surface area contributed by atoms with Gasteiger partial charge in [-0.1, -0.05) is 5.21 Å². The third-order valence-corrected chi connectivity index (χ3v) is 5.75.